The molecule has 2 heterocycles. The fourth-order valence-corrected chi connectivity index (χ4v) is 1.14. The Kier molecular flexibility index (Phi) is 2.18. The molecule has 0 saturated heterocycles. The molecule has 0 unspecified atom stereocenters. The zero-order chi connectivity index (χ0) is 11.1. The Morgan fingerprint density at radius 3 is 2.13 bits per heavy atom. The average Bonchev–Trinajstić information content (AvgIpc) is 2.69. The van der Waals surface area contributed by atoms with E-state index in [1.165, 1.54) is 6.20 Å². The summed E-state index contributed by atoms with van der Waals surface area (Å²) in [5.74, 6) is 0.157. The van der Waals surface area contributed by atoms with Gasteiger partial charge in [0.2, 0.25) is 0 Å². The van der Waals surface area contributed by atoms with Crippen LogP contribution in [-0.2, 0) is 6.18 Å². The summed E-state index contributed by atoms with van der Waals surface area (Å²) >= 11 is 5.53. The van der Waals surface area contributed by atoms with Crippen LogP contribution in [0.25, 0.3) is 11.6 Å². The van der Waals surface area contributed by atoms with E-state index < -0.39 is 11.9 Å². The molecule has 2 rings (SSSR count). The van der Waals surface area contributed by atoms with Gasteiger partial charge in [0.1, 0.15) is 10.8 Å². The molecule has 0 radical (unpaired) electrons. The first-order chi connectivity index (χ1) is 6.97. The van der Waals surface area contributed by atoms with Crippen molar-refractivity contribution in [3.8, 4) is 11.6 Å². The Labute approximate surface area is 86.5 Å². The van der Waals surface area contributed by atoms with E-state index in [0.29, 0.717) is 6.20 Å². The molecule has 0 spiro atoms. The minimum atomic E-state index is -4.44. The number of aromatic amines is 2. The maximum atomic E-state index is 12.2. The number of alkyl halides is 3. The van der Waals surface area contributed by atoms with Gasteiger partial charge in [-0.05, 0) is 0 Å². The Morgan fingerprint density at radius 2 is 1.67 bits per heavy atom. The Bertz CT molecular complexity index is 473. The third-order valence-electron chi connectivity index (χ3n) is 1.65. The third kappa shape index (κ3) is 1.96. The molecular formula is C7H4ClF3N4. The van der Waals surface area contributed by atoms with Gasteiger partial charge in [-0.3, -0.25) is 0 Å². The van der Waals surface area contributed by atoms with Crippen molar-refractivity contribution in [1.82, 2.24) is 19.9 Å². The fourth-order valence-electron chi connectivity index (χ4n) is 1.00. The Morgan fingerprint density at radius 1 is 1.07 bits per heavy atom. The van der Waals surface area contributed by atoms with Crippen LogP contribution in [0.5, 0.6) is 0 Å². The highest BCUT2D eigenvalue weighted by molar-refractivity contribution is 6.29. The lowest BCUT2D eigenvalue weighted by atomic mass is 10.5. The van der Waals surface area contributed by atoms with Gasteiger partial charge < -0.3 is 9.97 Å². The van der Waals surface area contributed by atoms with E-state index in [1.54, 1.807) is 0 Å². The number of imidazole rings is 2. The van der Waals surface area contributed by atoms with Crippen LogP contribution in [0, 0.1) is 0 Å². The highest BCUT2D eigenvalue weighted by atomic mass is 35.5. The first-order valence-corrected chi connectivity index (χ1v) is 4.17. The molecule has 0 bridgehead atoms. The zero-order valence-electron chi connectivity index (χ0n) is 7.06. The van der Waals surface area contributed by atoms with E-state index in [0.717, 1.165) is 0 Å². The lowest BCUT2D eigenvalue weighted by Gasteiger charge is -2.00. The summed E-state index contributed by atoms with van der Waals surface area (Å²) in [6.45, 7) is 0. The van der Waals surface area contributed by atoms with Gasteiger partial charge >= 0.3 is 6.18 Å². The maximum absolute atomic E-state index is 12.2. The molecule has 80 valence electrons. The number of halogens is 4. The number of aromatic nitrogens is 4. The van der Waals surface area contributed by atoms with Crippen LogP contribution in [0.4, 0.5) is 13.2 Å². The summed E-state index contributed by atoms with van der Waals surface area (Å²) in [5, 5.41) is 0.231. The molecule has 4 nitrogen and oxygen atoms in total. The predicted molar refractivity (Wildman–Crippen MR) is 46.2 cm³/mol. The average molecular weight is 237 g/mol. The molecule has 15 heavy (non-hydrogen) atoms. The summed E-state index contributed by atoms with van der Waals surface area (Å²) in [7, 11) is 0. The molecule has 0 aliphatic rings. The van der Waals surface area contributed by atoms with Crippen molar-refractivity contribution >= 4 is 11.6 Å². The van der Waals surface area contributed by atoms with Crippen LogP contribution in [0.2, 0.25) is 5.15 Å². The van der Waals surface area contributed by atoms with E-state index in [-0.39, 0.29) is 16.8 Å². The monoisotopic (exact) mass is 236 g/mol. The van der Waals surface area contributed by atoms with Crippen LogP contribution in [-0.4, -0.2) is 19.9 Å². The molecule has 0 aliphatic carbocycles. The summed E-state index contributed by atoms with van der Waals surface area (Å²) < 4.78 is 36.6. The molecule has 2 N–H and O–H groups in total. The van der Waals surface area contributed by atoms with Crippen molar-refractivity contribution in [1.29, 1.82) is 0 Å². The Hall–Kier alpha value is -1.50. The van der Waals surface area contributed by atoms with Gasteiger partial charge in [0, 0.05) is 0 Å². The zero-order valence-corrected chi connectivity index (χ0v) is 7.82. The summed E-state index contributed by atoms with van der Waals surface area (Å²) in [6, 6.07) is 0. The van der Waals surface area contributed by atoms with Gasteiger partial charge in [-0.2, -0.15) is 13.2 Å². The Balaban J connectivity index is 2.36. The first-order valence-electron chi connectivity index (χ1n) is 3.80. The van der Waals surface area contributed by atoms with Gasteiger partial charge in [0.25, 0.3) is 0 Å². The lowest BCUT2D eigenvalue weighted by molar-refractivity contribution is -0.140. The van der Waals surface area contributed by atoms with Crippen molar-refractivity contribution in [3.05, 3.63) is 23.2 Å². The second-order valence-corrected chi connectivity index (χ2v) is 3.13. The van der Waals surface area contributed by atoms with Crippen molar-refractivity contribution in [2.75, 3.05) is 0 Å². The third-order valence-corrected chi connectivity index (χ3v) is 1.84. The van der Waals surface area contributed by atoms with E-state index in [2.05, 4.69) is 19.9 Å². The summed E-state index contributed by atoms with van der Waals surface area (Å²) in [4.78, 5) is 11.9. The number of H-pyrrole nitrogens is 2. The fraction of sp³-hybridized carbons (Fsp3) is 0.143. The van der Waals surface area contributed by atoms with E-state index in [4.69, 9.17) is 11.6 Å². The second-order valence-electron chi connectivity index (χ2n) is 2.72. The van der Waals surface area contributed by atoms with Crippen LogP contribution in [0.15, 0.2) is 12.4 Å². The topological polar surface area (TPSA) is 57.4 Å². The number of hydrogen-bond acceptors (Lipinski definition) is 2. The van der Waals surface area contributed by atoms with Gasteiger partial charge in [-0.15, -0.1) is 0 Å². The molecule has 8 heteroatoms. The molecule has 0 amide bonds. The molecule has 2 aromatic heterocycles. The molecule has 0 fully saturated rings. The summed E-state index contributed by atoms with van der Waals surface area (Å²) in [5.41, 5.74) is -0.926. The van der Waals surface area contributed by atoms with Gasteiger partial charge in [0.05, 0.1) is 12.4 Å². The van der Waals surface area contributed by atoms with Crippen molar-refractivity contribution in [2.45, 2.75) is 6.18 Å². The lowest BCUT2D eigenvalue weighted by Crippen LogP contribution is -2.04. The van der Waals surface area contributed by atoms with Crippen molar-refractivity contribution in [2.24, 2.45) is 0 Å². The van der Waals surface area contributed by atoms with Crippen molar-refractivity contribution < 1.29 is 13.2 Å². The minimum absolute atomic E-state index is 0.00535. The quantitative estimate of drug-likeness (QED) is 0.799. The molecule has 0 saturated carbocycles. The highest BCUT2D eigenvalue weighted by Crippen LogP contribution is 2.28. The minimum Gasteiger partial charge on any atom is -0.332 e. The van der Waals surface area contributed by atoms with Gasteiger partial charge in [0.15, 0.2) is 11.6 Å². The van der Waals surface area contributed by atoms with Crippen molar-refractivity contribution in [3.63, 3.8) is 0 Å². The van der Waals surface area contributed by atoms with Crippen LogP contribution >= 0.6 is 11.6 Å². The largest absolute Gasteiger partial charge is 0.432 e. The normalized spacial score (nSPS) is 12.0. The van der Waals surface area contributed by atoms with E-state index >= 15 is 0 Å². The molecule has 0 aliphatic heterocycles. The van der Waals surface area contributed by atoms with Gasteiger partial charge in [-0.25, -0.2) is 9.97 Å². The SMILES string of the molecule is FC(F)(F)c1cnc(-c2ncc(Cl)[nH]2)[nH]1. The predicted octanol–water partition coefficient (Wildman–Crippen LogP) is 2.47. The van der Waals surface area contributed by atoms with Crippen LogP contribution < -0.4 is 0 Å². The standard InChI is InChI=1S/C7H4ClF3N4/c8-4-2-13-6(15-4)5-12-1-3(14-5)7(9,10)11/h1-2H,(H,12,14)(H,13,15). The van der Waals surface area contributed by atoms with Gasteiger partial charge in [-0.1, -0.05) is 11.6 Å². The number of nitrogens with zero attached hydrogens (tertiary/aromatic N) is 2. The number of rotatable bonds is 1. The first kappa shape index (κ1) is 10.0. The molecule has 0 atom stereocenters. The molecular weight excluding hydrogens is 233 g/mol. The van der Waals surface area contributed by atoms with Crippen LogP contribution in [0.3, 0.4) is 0 Å². The molecule has 2 aromatic rings. The van der Waals surface area contributed by atoms with Crippen LogP contribution in [0.1, 0.15) is 5.69 Å². The number of hydrogen-bond donors (Lipinski definition) is 2. The molecule has 0 aromatic carbocycles. The van der Waals surface area contributed by atoms with E-state index in [1.807, 2.05) is 0 Å². The smallest absolute Gasteiger partial charge is 0.332 e. The number of nitrogens with one attached hydrogen (secondary N) is 2. The maximum Gasteiger partial charge on any atom is 0.432 e. The highest BCUT2D eigenvalue weighted by Gasteiger charge is 2.33. The second kappa shape index (κ2) is 3.27. The van der Waals surface area contributed by atoms with E-state index in [9.17, 15) is 13.2 Å². The summed E-state index contributed by atoms with van der Waals surface area (Å²) in [6.07, 6.45) is -2.46.